The molecule has 5 N–H and O–H groups in total. The van der Waals surface area contributed by atoms with Crippen molar-refractivity contribution in [1.29, 1.82) is 0 Å². The van der Waals surface area contributed by atoms with E-state index >= 15 is 0 Å². The molecular formula is C27H37F6N3O9. The molecular weight excluding hydrogens is 624 g/mol. The fourth-order valence-electron chi connectivity index (χ4n) is 3.57. The standard InChI is InChI=1S/C23H35N3O5.2C2HF3O2/c1-13(2)19(24)22(27)31-21(14(3)4)20-16(10-11-25(5)6)17-12-15(30-7)8-9-18(17)26(20)23(28)29;2*3-2(4,5)1(6)7/h8-9,12-14,19,21H,10-11,24H2,1-7H3,(H,28,29);2*(H,6,7)/t19-,21?;;/m0../s1. The van der Waals surface area contributed by atoms with Crippen LogP contribution in [0, 0.1) is 11.8 Å². The van der Waals surface area contributed by atoms with Crippen molar-refractivity contribution in [3.8, 4) is 5.75 Å². The third-order valence-corrected chi connectivity index (χ3v) is 5.91. The number of methoxy groups -OCH3 is 1. The van der Waals surface area contributed by atoms with E-state index in [4.69, 9.17) is 35.0 Å². The van der Waals surface area contributed by atoms with Crippen LogP contribution in [0.1, 0.15) is 45.1 Å². The van der Waals surface area contributed by atoms with E-state index in [-0.39, 0.29) is 11.8 Å². The quantitative estimate of drug-likeness (QED) is 0.215. The minimum atomic E-state index is -5.08. The molecule has 2 aromatic rings. The van der Waals surface area contributed by atoms with Crippen molar-refractivity contribution < 1.29 is 70.3 Å². The number of hydrogen-bond donors (Lipinski definition) is 4. The first-order chi connectivity index (χ1) is 20.4. The second-order valence-corrected chi connectivity index (χ2v) is 10.4. The minimum Gasteiger partial charge on any atom is -0.497 e. The van der Waals surface area contributed by atoms with Crippen LogP contribution in [0.25, 0.3) is 10.9 Å². The van der Waals surface area contributed by atoms with Gasteiger partial charge in [0.15, 0.2) is 0 Å². The molecule has 0 aliphatic rings. The zero-order chi connectivity index (χ0) is 35.6. The smallest absolute Gasteiger partial charge is 0.490 e. The van der Waals surface area contributed by atoms with Gasteiger partial charge >= 0.3 is 36.4 Å². The Morgan fingerprint density at radius 2 is 1.38 bits per heavy atom. The molecule has 2 atom stereocenters. The number of benzene rings is 1. The van der Waals surface area contributed by atoms with Crippen LogP contribution in [0.2, 0.25) is 0 Å². The highest BCUT2D eigenvalue weighted by Gasteiger charge is 2.39. The first kappa shape index (κ1) is 40.9. The number of carbonyl (C=O) groups is 4. The second kappa shape index (κ2) is 16.9. The fraction of sp³-hybridized carbons (Fsp3) is 0.556. The lowest BCUT2D eigenvalue weighted by molar-refractivity contribution is -0.193. The number of aromatic nitrogens is 1. The largest absolute Gasteiger partial charge is 0.497 e. The van der Waals surface area contributed by atoms with Crippen molar-refractivity contribution in [3.05, 3.63) is 29.5 Å². The molecule has 256 valence electrons. The van der Waals surface area contributed by atoms with Crippen molar-refractivity contribution in [2.45, 2.75) is 58.6 Å². The number of alkyl halides is 6. The number of nitrogens with two attached hydrogens (primary N) is 1. The Hall–Kier alpha value is -4.06. The number of fused-ring (bicyclic) bond motifs is 1. The Labute approximate surface area is 254 Å². The number of esters is 1. The molecule has 12 nitrogen and oxygen atoms in total. The van der Waals surface area contributed by atoms with Crippen LogP contribution in [-0.4, -0.2) is 94.9 Å². The molecule has 0 spiro atoms. The third-order valence-electron chi connectivity index (χ3n) is 5.91. The summed E-state index contributed by atoms with van der Waals surface area (Å²) in [7, 11) is 5.48. The number of likely N-dealkylation sites (N-methyl/N-ethyl adjacent to an activating group) is 1. The van der Waals surface area contributed by atoms with Gasteiger partial charge in [-0.2, -0.15) is 26.3 Å². The van der Waals surface area contributed by atoms with Crippen molar-refractivity contribution in [2.75, 3.05) is 27.7 Å². The molecule has 0 fully saturated rings. The Morgan fingerprint density at radius 3 is 1.71 bits per heavy atom. The topological polar surface area (TPSA) is 182 Å². The number of halogens is 6. The molecule has 1 heterocycles. The van der Waals surface area contributed by atoms with Gasteiger partial charge in [-0.15, -0.1) is 0 Å². The Balaban J connectivity index is 0.00000114. The predicted octanol–water partition coefficient (Wildman–Crippen LogP) is 4.77. The summed E-state index contributed by atoms with van der Waals surface area (Å²) in [6.07, 6.45) is -11.5. The zero-order valence-electron chi connectivity index (χ0n) is 25.5. The molecule has 0 radical (unpaired) electrons. The van der Waals surface area contributed by atoms with E-state index in [0.29, 0.717) is 29.9 Å². The molecule has 18 heteroatoms. The number of hydrogen-bond acceptors (Lipinski definition) is 8. The van der Waals surface area contributed by atoms with E-state index in [0.717, 1.165) is 10.9 Å². The monoisotopic (exact) mass is 661 g/mol. The molecule has 1 unspecified atom stereocenters. The van der Waals surface area contributed by atoms with E-state index in [1.807, 2.05) is 52.8 Å². The first-order valence-corrected chi connectivity index (χ1v) is 13.0. The molecule has 1 aromatic heterocycles. The van der Waals surface area contributed by atoms with Crippen LogP contribution in [0.5, 0.6) is 5.75 Å². The van der Waals surface area contributed by atoms with Crippen molar-refractivity contribution in [2.24, 2.45) is 17.6 Å². The number of rotatable bonds is 9. The van der Waals surface area contributed by atoms with E-state index in [2.05, 4.69) is 0 Å². The Morgan fingerprint density at radius 1 is 0.911 bits per heavy atom. The molecule has 0 aliphatic carbocycles. The number of ether oxygens (including phenoxy) is 2. The normalized spacial score (nSPS) is 13.0. The lowest BCUT2D eigenvalue weighted by Crippen LogP contribution is -2.38. The van der Waals surface area contributed by atoms with Gasteiger partial charge in [-0.1, -0.05) is 27.7 Å². The summed E-state index contributed by atoms with van der Waals surface area (Å²) < 4.78 is 75.9. The molecule has 0 amide bonds. The second-order valence-electron chi connectivity index (χ2n) is 10.4. The highest BCUT2D eigenvalue weighted by molar-refractivity contribution is 5.94. The molecule has 0 aliphatic heterocycles. The van der Waals surface area contributed by atoms with Gasteiger partial charge in [0.25, 0.3) is 0 Å². The number of nitrogens with zero attached hydrogens (tertiary/aromatic N) is 2. The van der Waals surface area contributed by atoms with Gasteiger partial charge in [0.1, 0.15) is 17.9 Å². The SMILES string of the molecule is COc1ccc2c(c1)c(CCN(C)C)c(C(OC(=O)[C@@H](N)C(C)C)C(C)C)n2C(=O)O.O=C(O)C(F)(F)F.O=C(O)C(F)(F)F. The summed E-state index contributed by atoms with van der Waals surface area (Å²) in [5, 5.41) is 25.1. The third kappa shape index (κ3) is 12.5. The maximum atomic E-state index is 12.7. The van der Waals surface area contributed by atoms with Gasteiger partial charge in [-0.25, -0.2) is 19.0 Å². The summed E-state index contributed by atoms with van der Waals surface area (Å²) in [5.41, 5.74) is 7.84. The van der Waals surface area contributed by atoms with Gasteiger partial charge < -0.3 is 35.4 Å². The van der Waals surface area contributed by atoms with Crippen LogP contribution in [0.4, 0.5) is 31.1 Å². The molecule has 1 aromatic carbocycles. The Bertz CT molecular complexity index is 1300. The predicted molar refractivity (Wildman–Crippen MR) is 148 cm³/mol. The summed E-state index contributed by atoms with van der Waals surface area (Å²) in [5.74, 6) is -5.67. The zero-order valence-corrected chi connectivity index (χ0v) is 25.5. The lowest BCUT2D eigenvalue weighted by Gasteiger charge is -2.26. The summed E-state index contributed by atoms with van der Waals surface area (Å²) in [6, 6.07) is 4.51. The number of carbonyl (C=O) groups excluding carboxylic acids is 1. The van der Waals surface area contributed by atoms with Crippen LogP contribution < -0.4 is 10.5 Å². The molecule has 0 saturated heterocycles. The highest BCUT2D eigenvalue weighted by Crippen LogP contribution is 2.38. The average Bonchev–Trinajstić information content (AvgIpc) is 3.22. The maximum absolute atomic E-state index is 12.7. The van der Waals surface area contributed by atoms with Gasteiger partial charge in [-0.05, 0) is 56.1 Å². The number of carboxylic acid groups (broad SMARTS) is 3. The van der Waals surface area contributed by atoms with Gasteiger partial charge in [0, 0.05) is 11.9 Å². The fourth-order valence-corrected chi connectivity index (χ4v) is 3.57. The van der Waals surface area contributed by atoms with Crippen LogP contribution in [0.15, 0.2) is 18.2 Å². The van der Waals surface area contributed by atoms with E-state index in [9.17, 15) is 41.0 Å². The van der Waals surface area contributed by atoms with Crippen molar-refractivity contribution in [3.63, 3.8) is 0 Å². The average molecular weight is 662 g/mol. The van der Waals surface area contributed by atoms with Gasteiger partial charge in [0.05, 0.1) is 18.3 Å². The maximum Gasteiger partial charge on any atom is 0.490 e. The van der Waals surface area contributed by atoms with Crippen LogP contribution in [0.3, 0.4) is 0 Å². The molecule has 45 heavy (non-hydrogen) atoms. The highest BCUT2D eigenvalue weighted by atomic mass is 19.4. The van der Waals surface area contributed by atoms with E-state index in [1.54, 1.807) is 19.2 Å². The molecule has 0 bridgehead atoms. The minimum absolute atomic E-state index is 0.0943. The van der Waals surface area contributed by atoms with Crippen molar-refractivity contribution >= 4 is 34.9 Å². The van der Waals surface area contributed by atoms with E-state index < -0.39 is 48.5 Å². The van der Waals surface area contributed by atoms with Crippen molar-refractivity contribution in [1.82, 2.24) is 9.47 Å². The number of carboxylic acids is 2. The Kier molecular flexibility index (Phi) is 15.3. The van der Waals surface area contributed by atoms with E-state index in [1.165, 1.54) is 4.57 Å². The van der Waals surface area contributed by atoms with Gasteiger partial charge in [0.2, 0.25) is 0 Å². The lowest BCUT2D eigenvalue weighted by atomic mass is 9.97. The molecule has 0 saturated carbocycles. The van der Waals surface area contributed by atoms with Crippen LogP contribution >= 0.6 is 0 Å². The summed E-state index contributed by atoms with van der Waals surface area (Å²) in [4.78, 5) is 44.9. The summed E-state index contributed by atoms with van der Waals surface area (Å²) >= 11 is 0. The van der Waals surface area contributed by atoms with Crippen LogP contribution in [-0.2, 0) is 25.5 Å². The van der Waals surface area contributed by atoms with Gasteiger partial charge in [-0.3, -0.25) is 4.79 Å². The molecule has 2 rings (SSSR count). The number of aliphatic carboxylic acids is 2. The first-order valence-electron chi connectivity index (χ1n) is 13.0. The summed E-state index contributed by atoms with van der Waals surface area (Å²) in [6.45, 7) is 8.20.